The summed E-state index contributed by atoms with van der Waals surface area (Å²) in [5, 5.41) is 10.6. The highest BCUT2D eigenvalue weighted by Crippen LogP contribution is 2.45. The predicted molar refractivity (Wildman–Crippen MR) is 391 cm³/mol. The lowest BCUT2D eigenvalue weighted by Crippen LogP contribution is -2.30. The normalized spacial score (nSPS) is 14.1. The van der Waals surface area contributed by atoms with Crippen molar-refractivity contribution in [3.05, 3.63) is 0 Å². The van der Waals surface area contributed by atoms with Gasteiger partial charge in [-0.25, -0.2) is 9.13 Å². The summed E-state index contributed by atoms with van der Waals surface area (Å²) in [5.41, 5.74) is 0. The van der Waals surface area contributed by atoms with Gasteiger partial charge in [0.15, 0.2) is 12.2 Å². The van der Waals surface area contributed by atoms with Crippen molar-refractivity contribution in [2.24, 2.45) is 23.7 Å². The lowest BCUT2D eigenvalue weighted by Gasteiger charge is -2.21. The molecule has 570 valence electrons. The lowest BCUT2D eigenvalue weighted by atomic mass is 10.0. The first kappa shape index (κ1) is 94.1. The van der Waals surface area contributed by atoms with E-state index in [9.17, 15) is 43.2 Å². The molecule has 0 bridgehead atoms. The zero-order valence-corrected chi connectivity index (χ0v) is 64.8. The van der Waals surface area contributed by atoms with Gasteiger partial charge in [0.1, 0.15) is 19.3 Å². The van der Waals surface area contributed by atoms with Crippen LogP contribution in [0, 0.1) is 23.7 Å². The number of aliphatic hydroxyl groups is 1. The second-order valence-electron chi connectivity index (χ2n) is 29.7. The number of phosphoric acid groups is 2. The van der Waals surface area contributed by atoms with Crippen LogP contribution in [0.2, 0.25) is 0 Å². The van der Waals surface area contributed by atoms with Crippen LogP contribution in [0.3, 0.4) is 0 Å². The summed E-state index contributed by atoms with van der Waals surface area (Å²) in [6, 6.07) is 0. The Bertz CT molecular complexity index is 1880. The number of carbonyl (C=O) groups excluding carboxylic acids is 4. The van der Waals surface area contributed by atoms with E-state index in [1.54, 1.807) is 0 Å². The number of carbonyl (C=O) groups is 4. The minimum Gasteiger partial charge on any atom is -0.462 e. The van der Waals surface area contributed by atoms with E-state index in [4.69, 9.17) is 37.0 Å². The number of phosphoric ester groups is 2. The van der Waals surface area contributed by atoms with Crippen LogP contribution in [0.25, 0.3) is 0 Å². The van der Waals surface area contributed by atoms with Crippen molar-refractivity contribution in [1.82, 2.24) is 0 Å². The molecule has 0 aliphatic rings. The van der Waals surface area contributed by atoms with Gasteiger partial charge in [0.05, 0.1) is 26.4 Å². The minimum atomic E-state index is -4.96. The zero-order chi connectivity index (χ0) is 71.0. The maximum atomic E-state index is 13.1. The van der Waals surface area contributed by atoms with E-state index in [2.05, 4.69) is 55.4 Å². The molecule has 0 rings (SSSR count). The smallest absolute Gasteiger partial charge is 0.462 e. The van der Waals surface area contributed by atoms with Crippen molar-refractivity contribution in [2.75, 3.05) is 39.6 Å². The average Bonchev–Trinajstić information content (AvgIpc) is 1.08. The quantitative estimate of drug-likeness (QED) is 0.0222. The number of esters is 4. The molecule has 0 amide bonds. The van der Waals surface area contributed by atoms with Gasteiger partial charge in [0, 0.05) is 25.7 Å². The Balaban J connectivity index is 5.23. The molecule has 0 saturated heterocycles. The Kier molecular flexibility index (Phi) is 65.0. The molecule has 5 atom stereocenters. The molecule has 0 aliphatic heterocycles. The Hall–Kier alpha value is -1.94. The van der Waals surface area contributed by atoms with Crippen molar-refractivity contribution in [3.8, 4) is 0 Å². The third-order valence-corrected chi connectivity index (χ3v) is 19.7. The molecule has 17 nitrogen and oxygen atoms in total. The molecule has 0 aromatic carbocycles. The standard InChI is InChI=1S/C77H150O17P2/c1-67(2)53-45-37-29-22-17-13-11-9-10-12-14-19-25-34-43-51-59-76(81)93-72(63-87-74(79)57-49-41-33-27-21-24-31-39-47-55-69(5)6)65-91-95(83,84)89-61-71(78)62-90-96(85,86)92-66-73(64-88-75(80)58-50-42-36-28-32-40-48-56-70(7)8)94-77(82)60-52-44-35-26-20-16-15-18-23-30-38-46-54-68(3)4/h67-73,78H,9-66H2,1-8H3,(H,83,84)(H,85,86)/t71?,72-,73-/m1/s1. The van der Waals surface area contributed by atoms with E-state index in [1.807, 2.05) is 0 Å². The van der Waals surface area contributed by atoms with Crippen LogP contribution < -0.4 is 0 Å². The summed E-state index contributed by atoms with van der Waals surface area (Å²) < 4.78 is 68.5. The predicted octanol–water partition coefficient (Wildman–Crippen LogP) is 22.4. The monoisotopic (exact) mass is 1410 g/mol. The fourth-order valence-corrected chi connectivity index (χ4v) is 13.3. The fraction of sp³-hybridized carbons (Fsp3) is 0.948. The number of aliphatic hydroxyl groups excluding tert-OH is 1. The van der Waals surface area contributed by atoms with Crippen LogP contribution in [0.15, 0.2) is 0 Å². The molecule has 0 aliphatic carbocycles. The van der Waals surface area contributed by atoms with Gasteiger partial charge in [-0.05, 0) is 49.4 Å². The van der Waals surface area contributed by atoms with Gasteiger partial charge in [-0.2, -0.15) is 0 Å². The molecular weight excluding hydrogens is 1260 g/mol. The first-order valence-electron chi connectivity index (χ1n) is 39.7. The van der Waals surface area contributed by atoms with Gasteiger partial charge >= 0.3 is 39.5 Å². The molecule has 0 aromatic heterocycles. The number of hydrogen-bond donors (Lipinski definition) is 3. The molecule has 0 heterocycles. The molecule has 0 fully saturated rings. The summed E-state index contributed by atoms with van der Waals surface area (Å²) in [7, 11) is -9.91. The second kappa shape index (κ2) is 66.3. The first-order valence-corrected chi connectivity index (χ1v) is 42.7. The van der Waals surface area contributed by atoms with E-state index in [1.165, 1.54) is 186 Å². The second-order valence-corrected chi connectivity index (χ2v) is 32.6. The Labute approximate surface area is 588 Å². The molecular formula is C77H150O17P2. The van der Waals surface area contributed by atoms with Crippen LogP contribution >= 0.6 is 15.6 Å². The highest BCUT2D eigenvalue weighted by Gasteiger charge is 2.30. The minimum absolute atomic E-state index is 0.106. The summed E-state index contributed by atoms with van der Waals surface area (Å²) in [6.07, 6.45) is 51.4. The molecule has 3 unspecified atom stereocenters. The van der Waals surface area contributed by atoms with Crippen molar-refractivity contribution in [2.45, 2.75) is 408 Å². The van der Waals surface area contributed by atoms with Gasteiger partial charge in [0.2, 0.25) is 0 Å². The van der Waals surface area contributed by atoms with Gasteiger partial charge in [-0.15, -0.1) is 0 Å². The Morgan fingerprint density at radius 1 is 0.260 bits per heavy atom. The molecule has 0 radical (unpaired) electrons. The molecule has 96 heavy (non-hydrogen) atoms. The van der Waals surface area contributed by atoms with Crippen LogP contribution in [0.5, 0.6) is 0 Å². The summed E-state index contributed by atoms with van der Waals surface area (Å²) in [4.78, 5) is 72.8. The van der Waals surface area contributed by atoms with E-state index in [-0.39, 0.29) is 25.7 Å². The average molecular weight is 1410 g/mol. The van der Waals surface area contributed by atoms with Crippen molar-refractivity contribution in [3.63, 3.8) is 0 Å². The van der Waals surface area contributed by atoms with Crippen LogP contribution in [0.4, 0.5) is 0 Å². The Morgan fingerprint density at radius 3 is 0.646 bits per heavy atom. The van der Waals surface area contributed by atoms with Gasteiger partial charge < -0.3 is 33.8 Å². The maximum absolute atomic E-state index is 13.1. The topological polar surface area (TPSA) is 237 Å². The Morgan fingerprint density at radius 2 is 0.438 bits per heavy atom. The van der Waals surface area contributed by atoms with Gasteiger partial charge in [-0.1, -0.05) is 338 Å². The van der Waals surface area contributed by atoms with E-state index in [0.29, 0.717) is 31.6 Å². The highest BCUT2D eigenvalue weighted by atomic mass is 31.2. The molecule has 3 N–H and O–H groups in total. The molecule has 19 heteroatoms. The lowest BCUT2D eigenvalue weighted by molar-refractivity contribution is -0.161. The number of ether oxygens (including phenoxy) is 4. The van der Waals surface area contributed by atoms with Gasteiger partial charge in [0.25, 0.3) is 0 Å². The van der Waals surface area contributed by atoms with Crippen LogP contribution in [0.1, 0.15) is 389 Å². The van der Waals surface area contributed by atoms with Crippen LogP contribution in [-0.4, -0.2) is 96.7 Å². The third kappa shape index (κ3) is 70.5. The maximum Gasteiger partial charge on any atom is 0.472 e. The van der Waals surface area contributed by atoms with Crippen molar-refractivity contribution >= 4 is 39.5 Å². The molecule has 0 saturated carbocycles. The summed E-state index contributed by atoms with van der Waals surface area (Å²) in [5.74, 6) is 0.914. The highest BCUT2D eigenvalue weighted by molar-refractivity contribution is 7.47. The van der Waals surface area contributed by atoms with Crippen LogP contribution in [-0.2, 0) is 65.4 Å². The zero-order valence-electron chi connectivity index (χ0n) is 63.0. The number of rotatable bonds is 74. The SMILES string of the molecule is CC(C)CCCCCCCCCCCCCCCCCCC(=O)O[C@H](COC(=O)CCCCCCCCCCCC(C)C)COP(=O)(O)OCC(O)COP(=O)(O)OC[C@@H](COC(=O)CCCCCCCCCC(C)C)OC(=O)CCCCCCCCCCCCCCC(C)C. The first-order chi connectivity index (χ1) is 46.1. The number of hydrogen-bond acceptors (Lipinski definition) is 15. The summed E-state index contributed by atoms with van der Waals surface area (Å²) >= 11 is 0. The largest absolute Gasteiger partial charge is 0.472 e. The van der Waals surface area contributed by atoms with Crippen molar-refractivity contribution in [1.29, 1.82) is 0 Å². The van der Waals surface area contributed by atoms with E-state index in [0.717, 1.165) is 114 Å². The molecule has 0 spiro atoms. The van der Waals surface area contributed by atoms with E-state index >= 15 is 0 Å². The van der Waals surface area contributed by atoms with Gasteiger partial charge in [-0.3, -0.25) is 37.3 Å². The van der Waals surface area contributed by atoms with Crippen molar-refractivity contribution < 1.29 is 80.2 Å². The molecule has 0 aromatic rings. The third-order valence-electron chi connectivity index (χ3n) is 17.8. The fourth-order valence-electron chi connectivity index (χ4n) is 11.7. The van der Waals surface area contributed by atoms with E-state index < -0.39 is 97.5 Å². The summed E-state index contributed by atoms with van der Waals surface area (Å²) in [6.45, 7) is 14.2. The number of unbranched alkanes of at least 4 members (excludes halogenated alkanes) is 40.